The summed E-state index contributed by atoms with van der Waals surface area (Å²) in [5.74, 6) is -1.72. The lowest BCUT2D eigenvalue weighted by atomic mass is 10.2. The van der Waals surface area contributed by atoms with Crippen molar-refractivity contribution in [1.82, 2.24) is 14.5 Å². The second-order valence-corrected chi connectivity index (χ2v) is 5.80. The van der Waals surface area contributed by atoms with Crippen LogP contribution in [0.25, 0.3) is 11.0 Å². The lowest BCUT2D eigenvalue weighted by Gasteiger charge is -2.04. The van der Waals surface area contributed by atoms with Crippen LogP contribution < -0.4 is 5.68 Å². The number of fused-ring (bicyclic) bond motifs is 1. The normalized spacial score (nSPS) is 11.8. The quantitative estimate of drug-likeness (QED) is 0.579. The van der Waals surface area contributed by atoms with E-state index in [0.29, 0.717) is 16.6 Å². The minimum atomic E-state index is -1.17. The molecule has 0 aliphatic rings. The van der Waals surface area contributed by atoms with Crippen LogP contribution in [0.3, 0.4) is 0 Å². The highest BCUT2D eigenvalue weighted by Gasteiger charge is 2.17. The SMILES string of the molecule is O=C(N=c1occ(C(=O)O)n1Cc1ccccc1)c1c[nH]c2ncccc12. The molecule has 0 aliphatic carbocycles. The van der Waals surface area contributed by atoms with Crippen molar-refractivity contribution in [2.75, 3.05) is 0 Å². The summed E-state index contributed by atoms with van der Waals surface area (Å²) >= 11 is 0. The Bertz CT molecular complexity index is 1200. The molecule has 0 saturated heterocycles. The largest absolute Gasteiger partial charge is 0.476 e. The molecule has 1 amide bonds. The zero-order valence-corrected chi connectivity index (χ0v) is 14.0. The third-order valence-corrected chi connectivity index (χ3v) is 4.08. The number of carbonyl (C=O) groups excluding carboxylic acids is 1. The fourth-order valence-electron chi connectivity index (χ4n) is 2.79. The summed E-state index contributed by atoms with van der Waals surface area (Å²) in [7, 11) is 0. The summed E-state index contributed by atoms with van der Waals surface area (Å²) in [6.45, 7) is 0.209. The van der Waals surface area contributed by atoms with E-state index in [2.05, 4.69) is 15.0 Å². The first kappa shape index (κ1) is 16.5. The Balaban J connectivity index is 1.79. The smallest absolute Gasteiger partial charge is 0.355 e. The number of aromatic carboxylic acids is 1. The van der Waals surface area contributed by atoms with Crippen LogP contribution in [-0.4, -0.2) is 31.5 Å². The number of aromatic amines is 1. The van der Waals surface area contributed by atoms with Gasteiger partial charge in [0, 0.05) is 17.8 Å². The summed E-state index contributed by atoms with van der Waals surface area (Å²) in [6.07, 6.45) is 4.21. The van der Waals surface area contributed by atoms with E-state index in [1.54, 1.807) is 18.3 Å². The van der Waals surface area contributed by atoms with Gasteiger partial charge in [0.15, 0.2) is 5.69 Å². The molecule has 3 heterocycles. The summed E-state index contributed by atoms with van der Waals surface area (Å²) in [6, 6.07) is 12.7. The Morgan fingerprint density at radius 2 is 2.00 bits per heavy atom. The van der Waals surface area contributed by atoms with Gasteiger partial charge in [-0.15, -0.1) is 0 Å². The molecular formula is C19H14N4O4. The number of H-pyrrole nitrogens is 1. The molecule has 0 radical (unpaired) electrons. The molecule has 4 rings (SSSR count). The van der Waals surface area contributed by atoms with Gasteiger partial charge in [0.05, 0.1) is 12.1 Å². The summed E-state index contributed by atoms with van der Waals surface area (Å²) < 4.78 is 6.63. The monoisotopic (exact) mass is 362 g/mol. The average molecular weight is 362 g/mol. The number of carboxylic acid groups (broad SMARTS) is 1. The maximum atomic E-state index is 12.6. The fraction of sp³-hybridized carbons (Fsp3) is 0.0526. The second kappa shape index (κ2) is 6.75. The van der Waals surface area contributed by atoms with E-state index in [1.807, 2.05) is 30.3 Å². The molecule has 0 atom stereocenters. The van der Waals surface area contributed by atoms with Crippen molar-refractivity contribution in [2.45, 2.75) is 6.54 Å². The molecule has 0 fully saturated rings. The van der Waals surface area contributed by atoms with Crippen molar-refractivity contribution in [3.63, 3.8) is 0 Å². The molecule has 8 heteroatoms. The van der Waals surface area contributed by atoms with E-state index in [9.17, 15) is 14.7 Å². The number of carboxylic acids is 1. The van der Waals surface area contributed by atoms with E-state index in [-0.39, 0.29) is 17.9 Å². The molecule has 0 bridgehead atoms. The molecule has 0 spiro atoms. The highest BCUT2D eigenvalue weighted by Crippen LogP contribution is 2.16. The first-order valence-electron chi connectivity index (χ1n) is 8.10. The molecule has 0 unspecified atom stereocenters. The highest BCUT2D eigenvalue weighted by molar-refractivity contribution is 6.06. The topological polar surface area (TPSA) is 113 Å². The number of benzene rings is 1. The predicted octanol–water partition coefficient (Wildman–Crippen LogP) is 2.45. The standard InChI is InChI=1S/C19H14N4O4/c24-17(14-9-21-16-13(14)7-4-8-20-16)22-19-23(15(11-27-19)18(25)26)10-12-5-2-1-3-6-12/h1-9,11H,10H2,(H,20,21)(H,25,26). The van der Waals surface area contributed by atoms with Crippen LogP contribution >= 0.6 is 0 Å². The Morgan fingerprint density at radius 3 is 2.78 bits per heavy atom. The van der Waals surface area contributed by atoms with Gasteiger partial charge in [0.2, 0.25) is 0 Å². The molecule has 4 aromatic rings. The van der Waals surface area contributed by atoms with Crippen molar-refractivity contribution in [1.29, 1.82) is 0 Å². The van der Waals surface area contributed by atoms with Crippen molar-refractivity contribution >= 4 is 22.9 Å². The zero-order valence-electron chi connectivity index (χ0n) is 14.0. The average Bonchev–Trinajstić information content (AvgIpc) is 3.27. The zero-order chi connectivity index (χ0) is 18.8. The molecule has 0 saturated carbocycles. The van der Waals surface area contributed by atoms with Crippen LogP contribution in [0, 0.1) is 0 Å². The Labute approximate surface area is 152 Å². The second-order valence-electron chi connectivity index (χ2n) is 5.80. The fourth-order valence-corrected chi connectivity index (χ4v) is 2.79. The van der Waals surface area contributed by atoms with E-state index in [4.69, 9.17) is 4.42 Å². The summed E-state index contributed by atoms with van der Waals surface area (Å²) in [5.41, 5.74) is 1.58. The number of carbonyl (C=O) groups is 2. The maximum Gasteiger partial charge on any atom is 0.355 e. The lowest BCUT2D eigenvalue weighted by molar-refractivity contribution is 0.0684. The van der Waals surface area contributed by atoms with Gasteiger partial charge in [-0.2, -0.15) is 4.99 Å². The number of hydrogen-bond acceptors (Lipinski definition) is 4. The number of hydrogen-bond donors (Lipinski definition) is 2. The van der Waals surface area contributed by atoms with Crippen molar-refractivity contribution < 1.29 is 19.1 Å². The molecular weight excluding hydrogens is 348 g/mol. The molecule has 3 aromatic heterocycles. The number of rotatable bonds is 4. The minimum absolute atomic E-state index is 0.0838. The summed E-state index contributed by atoms with van der Waals surface area (Å²) in [5, 5.41) is 10.0. The van der Waals surface area contributed by atoms with Crippen LogP contribution in [0.1, 0.15) is 26.4 Å². The predicted molar refractivity (Wildman–Crippen MR) is 95.2 cm³/mol. The third-order valence-electron chi connectivity index (χ3n) is 4.08. The van der Waals surface area contributed by atoms with Gasteiger partial charge >= 0.3 is 11.7 Å². The van der Waals surface area contributed by atoms with Crippen LogP contribution in [0.4, 0.5) is 0 Å². The Kier molecular flexibility index (Phi) is 4.13. The molecule has 27 heavy (non-hydrogen) atoms. The third kappa shape index (κ3) is 3.15. The van der Waals surface area contributed by atoms with Gasteiger partial charge < -0.3 is 14.5 Å². The molecule has 134 valence electrons. The molecule has 8 nitrogen and oxygen atoms in total. The first-order valence-corrected chi connectivity index (χ1v) is 8.10. The summed E-state index contributed by atoms with van der Waals surface area (Å²) in [4.78, 5) is 35.2. The van der Waals surface area contributed by atoms with Crippen LogP contribution in [0.5, 0.6) is 0 Å². The van der Waals surface area contributed by atoms with E-state index in [0.717, 1.165) is 11.8 Å². The number of nitrogens with one attached hydrogen (secondary N) is 1. The number of nitrogens with zero attached hydrogens (tertiary/aromatic N) is 3. The van der Waals surface area contributed by atoms with Crippen molar-refractivity contribution in [3.05, 3.63) is 83.6 Å². The van der Waals surface area contributed by atoms with Gasteiger partial charge in [-0.25, -0.2) is 9.78 Å². The Hall–Kier alpha value is -3.94. The lowest BCUT2D eigenvalue weighted by Crippen LogP contribution is -2.23. The van der Waals surface area contributed by atoms with Gasteiger partial charge in [-0.1, -0.05) is 30.3 Å². The van der Waals surface area contributed by atoms with Crippen LogP contribution in [0.15, 0.2) is 70.5 Å². The van der Waals surface area contributed by atoms with E-state index < -0.39 is 11.9 Å². The number of aromatic nitrogens is 3. The van der Waals surface area contributed by atoms with Crippen molar-refractivity contribution in [2.24, 2.45) is 4.99 Å². The molecule has 2 N–H and O–H groups in total. The van der Waals surface area contributed by atoms with Gasteiger partial charge in [-0.3, -0.25) is 9.36 Å². The Morgan fingerprint density at radius 1 is 1.19 bits per heavy atom. The van der Waals surface area contributed by atoms with E-state index in [1.165, 1.54) is 10.8 Å². The van der Waals surface area contributed by atoms with Crippen molar-refractivity contribution in [3.8, 4) is 0 Å². The number of pyridine rings is 1. The highest BCUT2D eigenvalue weighted by atomic mass is 16.4. The van der Waals surface area contributed by atoms with Gasteiger partial charge in [-0.05, 0) is 17.7 Å². The maximum absolute atomic E-state index is 12.6. The minimum Gasteiger partial charge on any atom is -0.476 e. The first-order chi connectivity index (χ1) is 13.1. The molecule has 1 aromatic carbocycles. The van der Waals surface area contributed by atoms with Gasteiger partial charge in [0.1, 0.15) is 11.9 Å². The van der Waals surface area contributed by atoms with Gasteiger partial charge in [0.25, 0.3) is 5.91 Å². The number of oxazole rings is 1. The van der Waals surface area contributed by atoms with Crippen LogP contribution in [-0.2, 0) is 6.54 Å². The molecule has 0 aliphatic heterocycles. The number of amides is 1. The van der Waals surface area contributed by atoms with E-state index >= 15 is 0 Å². The van der Waals surface area contributed by atoms with Crippen LogP contribution in [0.2, 0.25) is 0 Å².